The zero-order chi connectivity index (χ0) is 54.5. The third kappa shape index (κ3) is 15.3. The molecule has 2 aromatic carbocycles. The standard InChI is InChI=1S/C55H74FN9O10S/c1-34-44(30-42-41-28-39(56)12-13-43(41)61-51(42)69)60-35(2)48(34)53(71)57-16-7-17-63-18-20-64(21-19-63)47(68)15-23-74-25-27-75-26-24-73-22-14-46(67)62-50(55(4,5)6)54(72)65-32-40(66)29-45(65)52(70)58-31-37-8-10-38(11-9-37)49-36(3)59-33-76-49/h8-13,28,30,33,40,45,50-51,60-61,66,69H,7,14-27,29,31-32H2,1-6H3,(H,57,71)(H,58,70)(H,62,67)/b42-30-/t40-,45+,50-,51?/m1/s1. The van der Waals surface area contributed by atoms with Gasteiger partial charge in [-0.05, 0) is 80.1 Å². The Morgan fingerprint density at radius 1 is 0.908 bits per heavy atom. The van der Waals surface area contributed by atoms with Crippen molar-refractivity contribution in [3.63, 3.8) is 0 Å². The Labute approximate surface area is 447 Å². The monoisotopic (exact) mass is 1070 g/mol. The van der Waals surface area contributed by atoms with E-state index >= 15 is 0 Å². The first kappa shape index (κ1) is 57.6. The molecule has 4 atom stereocenters. The van der Waals surface area contributed by atoms with E-state index < -0.39 is 41.6 Å². The molecule has 3 aliphatic heterocycles. The molecule has 2 fully saturated rings. The van der Waals surface area contributed by atoms with Gasteiger partial charge >= 0.3 is 0 Å². The number of likely N-dealkylation sites (tertiary alicyclic amines) is 1. The molecule has 0 spiro atoms. The van der Waals surface area contributed by atoms with Gasteiger partial charge in [-0.25, -0.2) is 9.37 Å². The quantitative estimate of drug-likeness (QED) is 0.0483. The molecule has 21 heteroatoms. The number of aliphatic hydroxyl groups excluding tert-OH is 2. The second-order valence-electron chi connectivity index (χ2n) is 20.6. The number of aliphatic hydroxyl groups is 2. The number of rotatable bonds is 24. The number of piperazine rings is 1. The number of aryl methyl sites for hydroxylation is 2. The molecule has 5 heterocycles. The summed E-state index contributed by atoms with van der Waals surface area (Å²) in [5, 5.41) is 32.9. The van der Waals surface area contributed by atoms with Gasteiger partial charge in [0.2, 0.25) is 23.6 Å². The second kappa shape index (κ2) is 26.8. The lowest BCUT2D eigenvalue weighted by molar-refractivity contribution is -0.144. The highest BCUT2D eigenvalue weighted by atomic mass is 32.1. The van der Waals surface area contributed by atoms with Crippen LogP contribution in [-0.2, 0) is 39.9 Å². The van der Waals surface area contributed by atoms with Gasteiger partial charge in [-0.15, -0.1) is 11.3 Å². The number of carbonyl (C=O) groups excluding carboxylic acids is 5. The maximum Gasteiger partial charge on any atom is 0.253 e. The number of β-amino-alcohol motifs (C(OH)–C–C–N with tert-alkyl or cyclic N) is 1. The normalized spacial score (nSPS) is 18.6. The Hall–Kier alpha value is -6.07. The zero-order valence-corrected chi connectivity index (χ0v) is 45.3. The summed E-state index contributed by atoms with van der Waals surface area (Å²) in [6, 6.07) is 10.3. The molecule has 3 aliphatic rings. The number of aromatic nitrogens is 2. The van der Waals surface area contributed by atoms with Crippen LogP contribution in [-0.4, -0.2) is 174 Å². The number of fused-ring (bicyclic) bond motifs is 1. The van der Waals surface area contributed by atoms with E-state index in [9.17, 15) is 38.6 Å². The van der Waals surface area contributed by atoms with Crippen LogP contribution in [0.2, 0.25) is 0 Å². The molecule has 76 heavy (non-hydrogen) atoms. The lowest BCUT2D eigenvalue weighted by Gasteiger charge is -2.35. The number of hydrogen-bond acceptors (Lipinski definition) is 14. The molecular formula is C55H74FN9O10S. The predicted octanol–water partition coefficient (Wildman–Crippen LogP) is 4.39. The maximum atomic E-state index is 14.0. The Bertz CT molecular complexity index is 2680. The summed E-state index contributed by atoms with van der Waals surface area (Å²) in [4.78, 5) is 80.7. The average Bonchev–Trinajstić information content (AvgIpc) is 4.16. The molecule has 0 radical (unpaired) electrons. The maximum absolute atomic E-state index is 14.0. The average molecular weight is 1070 g/mol. The summed E-state index contributed by atoms with van der Waals surface area (Å²) >= 11 is 1.57. The number of thiazole rings is 1. The first-order valence-electron chi connectivity index (χ1n) is 26.1. The van der Waals surface area contributed by atoms with E-state index in [0.29, 0.717) is 66.6 Å². The highest BCUT2D eigenvalue weighted by Crippen LogP contribution is 2.37. The smallest absolute Gasteiger partial charge is 0.253 e. The number of amides is 5. The minimum Gasteiger partial charge on any atom is -0.391 e. The van der Waals surface area contributed by atoms with Crippen LogP contribution in [0.4, 0.5) is 10.1 Å². The lowest BCUT2D eigenvalue weighted by atomic mass is 9.85. The van der Waals surface area contributed by atoms with Crippen molar-refractivity contribution in [1.29, 1.82) is 0 Å². The number of aromatic amines is 1. The van der Waals surface area contributed by atoms with Gasteiger partial charge in [0.1, 0.15) is 17.9 Å². The van der Waals surface area contributed by atoms with Crippen LogP contribution in [0.25, 0.3) is 22.1 Å². The zero-order valence-electron chi connectivity index (χ0n) is 44.5. The Morgan fingerprint density at radius 2 is 1.59 bits per heavy atom. The Morgan fingerprint density at radius 3 is 2.26 bits per heavy atom. The predicted molar refractivity (Wildman–Crippen MR) is 287 cm³/mol. The van der Waals surface area contributed by atoms with E-state index in [2.05, 4.69) is 36.1 Å². The molecule has 2 saturated heterocycles. The lowest BCUT2D eigenvalue weighted by Crippen LogP contribution is -2.57. The van der Waals surface area contributed by atoms with Crippen molar-refractivity contribution in [1.82, 2.24) is 40.6 Å². The van der Waals surface area contributed by atoms with Crippen LogP contribution in [0.1, 0.15) is 90.6 Å². The summed E-state index contributed by atoms with van der Waals surface area (Å²) in [6.45, 7) is 16.8. The topological polar surface area (TPSA) is 240 Å². The highest BCUT2D eigenvalue weighted by Gasteiger charge is 2.44. The molecule has 7 rings (SSSR count). The molecule has 0 bridgehead atoms. The van der Waals surface area contributed by atoms with Crippen molar-refractivity contribution in [3.05, 3.63) is 93.1 Å². The van der Waals surface area contributed by atoms with Crippen LogP contribution in [0.15, 0.2) is 48.0 Å². The molecule has 7 N–H and O–H groups in total. The fourth-order valence-corrected chi connectivity index (χ4v) is 10.5. The molecule has 4 aromatic rings. The molecule has 5 amide bonds. The fraction of sp³-hybridized carbons (Fsp3) is 0.527. The number of benzene rings is 2. The SMILES string of the molecule is Cc1ncsc1-c1ccc(CNC(=O)[C@@H]2C[C@@H](O)CN2C(=O)[C@@H](NC(=O)CCOCCOCCOCCC(=O)N2CCN(CCCNC(=O)c3c(C)[nH]c(/C=C4/c5cc(F)ccc5NC4O)c3C)CC2)C(C)(C)C)cc1. The fourth-order valence-electron chi connectivity index (χ4n) is 9.68. The van der Waals surface area contributed by atoms with E-state index in [0.717, 1.165) is 53.3 Å². The summed E-state index contributed by atoms with van der Waals surface area (Å²) in [5.74, 6) is -1.75. The number of hydrogen-bond donors (Lipinski definition) is 7. The van der Waals surface area contributed by atoms with Gasteiger partial charge in [-0.3, -0.25) is 28.9 Å². The molecule has 2 aromatic heterocycles. The van der Waals surface area contributed by atoms with Gasteiger partial charge in [-0.2, -0.15) is 0 Å². The number of H-pyrrole nitrogens is 1. The Balaban J connectivity index is 0.704. The largest absolute Gasteiger partial charge is 0.391 e. The van der Waals surface area contributed by atoms with Crippen LogP contribution in [0.3, 0.4) is 0 Å². The number of halogens is 1. The first-order chi connectivity index (χ1) is 36.4. The van der Waals surface area contributed by atoms with E-state index in [1.165, 1.54) is 17.0 Å². The van der Waals surface area contributed by atoms with E-state index in [-0.39, 0.29) is 82.4 Å². The van der Waals surface area contributed by atoms with Crippen molar-refractivity contribution < 1.29 is 52.8 Å². The van der Waals surface area contributed by atoms with E-state index in [1.54, 1.807) is 23.5 Å². The summed E-state index contributed by atoms with van der Waals surface area (Å²) in [5.41, 5.74) is 8.38. The van der Waals surface area contributed by atoms with E-state index in [1.807, 2.05) is 76.2 Å². The van der Waals surface area contributed by atoms with Crippen LogP contribution < -0.4 is 21.3 Å². The van der Waals surface area contributed by atoms with Crippen LogP contribution in [0.5, 0.6) is 0 Å². The third-order valence-electron chi connectivity index (χ3n) is 13.9. The van der Waals surface area contributed by atoms with Gasteiger partial charge in [-0.1, -0.05) is 45.0 Å². The van der Waals surface area contributed by atoms with Crippen molar-refractivity contribution in [2.24, 2.45) is 5.41 Å². The molecular weight excluding hydrogens is 998 g/mol. The van der Waals surface area contributed by atoms with Gasteiger partial charge in [0.25, 0.3) is 5.91 Å². The van der Waals surface area contributed by atoms with Gasteiger partial charge < -0.3 is 60.5 Å². The molecule has 412 valence electrons. The minimum atomic E-state index is -0.996. The number of anilines is 1. The number of carbonyl (C=O) groups is 5. The van der Waals surface area contributed by atoms with Gasteiger partial charge in [0, 0.05) is 86.9 Å². The molecule has 19 nitrogen and oxygen atoms in total. The molecule has 0 saturated carbocycles. The third-order valence-corrected chi connectivity index (χ3v) is 14.9. The second-order valence-corrected chi connectivity index (χ2v) is 21.5. The minimum absolute atomic E-state index is 0.00515. The summed E-state index contributed by atoms with van der Waals surface area (Å²) < 4.78 is 30.8. The highest BCUT2D eigenvalue weighted by molar-refractivity contribution is 7.13. The van der Waals surface area contributed by atoms with Crippen molar-refractivity contribution in [3.8, 4) is 10.4 Å². The number of ether oxygens (including phenoxy) is 3. The molecule has 1 unspecified atom stereocenters. The van der Waals surface area contributed by atoms with E-state index in [4.69, 9.17) is 14.2 Å². The number of nitrogens with one attached hydrogen (secondary N) is 5. The van der Waals surface area contributed by atoms with Crippen molar-refractivity contribution in [2.75, 3.05) is 90.8 Å². The van der Waals surface area contributed by atoms with Crippen molar-refractivity contribution >= 4 is 58.2 Å². The summed E-state index contributed by atoms with van der Waals surface area (Å²) in [6.07, 6.45) is 0.983. The summed E-state index contributed by atoms with van der Waals surface area (Å²) in [7, 11) is 0. The van der Waals surface area contributed by atoms with Crippen LogP contribution in [0, 0.1) is 32.0 Å². The number of nitrogens with zero attached hydrogens (tertiary/aromatic N) is 4. The first-order valence-corrected chi connectivity index (χ1v) is 27.0. The van der Waals surface area contributed by atoms with Gasteiger partial charge in [0.05, 0.1) is 73.8 Å². The van der Waals surface area contributed by atoms with Crippen LogP contribution >= 0.6 is 11.3 Å². The molecule has 0 aliphatic carbocycles. The van der Waals surface area contributed by atoms with Gasteiger partial charge in [0.15, 0.2) is 6.23 Å². The van der Waals surface area contributed by atoms with Crippen molar-refractivity contribution in [2.45, 2.75) is 98.2 Å². The Kier molecular flexibility index (Phi) is 20.3.